The predicted octanol–water partition coefficient (Wildman–Crippen LogP) is -1.62. The molecule has 0 aromatic heterocycles. The van der Waals surface area contributed by atoms with Crippen LogP contribution in [0.25, 0.3) is 0 Å². The van der Waals surface area contributed by atoms with Gasteiger partial charge in [0.1, 0.15) is 0 Å². The molecule has 6 heavy (non-hydrogen) atoms. The van der Waals surface area contributed by atoms with E-state index < -0.39 is 9.17 Å². The molecule has 6 heteroatoms. The molecule has 0 aromatic rings. The molecular formula is H2O3SiTmY. The number of hydrogen-bond acceptors (Lipinski definition) is 1. The van der Waals surface area contributed by atoms with E-state index in [2.05, 4.69) is 0 Å². The first kappa shape index (κ1) is 15.7. The van der Waals surface area contributed by atoms with Gasteiger partial charge in [-0.25, -0.2) is 0 Å². The maximum Gasteiger partial charge on any atom is 0.761 e. The Morgan fingerprint density at radius 1 is 1.33 bits per heavy atom. The van der Waals surface area contributed by atoms with Gasteiger partial charge < -0.3 is 9.59 Å². The molecule has 0 amide bonds. The van der Waals surface area contributed by atoms with Crippen LogP contribution in [-0.2, 0) is 37.2 Å². The third kappa shape index (κ3) is 38.3. The summed E-state index contributed by atoms with van der Waals surface area (Å²) >= 11 is 0. The molecule has 0 saturated heterocycles. The summed E-state index contributed by atoms with van der Waals surface area (Å²) in [5.41, 5.74) is 0. The van der Waals surface area contributed by atoms with Crippen molar-refractivity contribution in [2.75, 3.05) is 0 Å². The van der Waals surface area contributed by atoms with Crippen LogP contribution >= 0.6 is 0 Å². The topological polar surface area (TPSA) is 57.5 Å². The second-order valence-electron chi connectivity index (χ2n) is 0.283. The van der Waals surface area contributed by atoms with E-state index in [-0.39, 0.29) is 69.6 Å². The molecule has 3 nitrogen and oxygen atoms in total. The summed E-state index contributed by atoms with van der Waals surface area (Å²) in [5.74, 6) is 0. The molecule has 2 N–H and O–H groups in total. The molecule has 0 unspecified atom stereocenters. The molecular weight excluding hydrogens is 334 g/mol. The normalized spacial score (nSPS) is 4.00. The van der Waals surface area contributed by atoms with Crippen LogP contribution < -0.4 is 0 Å². The Hall–Kier alpha value is 1.95. The average molecular weight is 336 g/mol. The van der Waals surface area contributed by atoms with E-state index in [9.17, 15) is 0 Å². The summed E-state index contributed by atoms with van der Waals surface area (Å²) < 4.78 is 8.74. The van der Waals surface area contributed by atoms with Gasteiger partial charge in [0.25, 0.3) is 0 Å². The Morgan fingerprint density at radius 3 is 1.33 bits per heavy atom. The van der Waals surface area contributed by atoms with Crippen molar-refractivity contribution in [1.29, 1.82) is 0 Å². The summed E-state index contributed by atoms with van der Waals surface area (Å²) in [6, 6.07) is 0. The minimum Gasteiger partial charge on any atom is -0.511 e. The molecule has 0 aliphatic rings. The fourth-order valence-electron chi connectivity index (χ4n) is 0. The van der Waals surface area contributed by atoms with Crippen LogP contribution in [0.15, 0.2) is 0 Å². The second-order valence-corrected chi connectivity index (χ2v) is 0.848. The molecule has 2 radical (unpaired) electrons. The molecule has 0 aliphatic heterocycles. The molecule has 0 aliphatic carbocycles. The monoisotopic (exact) mass is 336 g/mol. The van der Waals surface area contributed by atoms with Gasteiger partial charge in [0, 0.05) is 69.6 Å². The minimum atomic E-state index is -3.13. The maximum absolute atomic E-state index is 8.74. The Labute approximate surface area is 91.1 Å². The van der Waals surface area contributed by atoms with Crippen LogP contribution in [0.3, 0.4) is 0 Å². The zero-order chi connectivity index (χ0) is 3.58. The average Bonchev–Trinajstić information content (AvgIpc) is 0.811. The summed E-state index contributed by atoms with van der Waals surface area (Å²) in [7, 11) is -3.13. The Kier molecular flexibility index (Phi) is 26.2. The minimum absolute atomic E-state index is 0. The first-order valence-corrected chi connectivity index (χ1v) is 1.95. The fourth-order valence-corrected chi connectivity index (χ4v) is 0. The van der Waals surface area contributed by atoms with Crippen molar-refractivity contribution in [3.05, 3.63) is 0 Å². The van der Waals surface area contributed by atoms with Crippen LogP contribution in [0.2, 0.25) is 0 Å². The Morgan fingerprint density at radius 2 is 1.33 bits per heavy atom. The van der Waals surface area contributed by atoms with Gasteiger partial charge in [-0.05, 0) is 0 Å². The smallest absolute Gasteiger partial charge is 0.511 e. The van der Waals surface area contributed by atoms with Crippen molar-refractivity contribution >= 4 is 9.17 Å². The van der Waals surface area contributed by atoms with E-state index in [1.165, 1.54) is 0 Å². The van der Waals surface area contributed by atoms with Crippen LogP contribution in [-0.4, -0.2) is 18.8 Å². The van der Waals surface area contributed by atoms with Gasteiger partial charge in [0.2, 0.25) is 0 Å². The van der Waals surface area contributed by atoms with Crippen molar-refractivity contribution < 1.29 is 83.6 Å². The van der Waals surface area contributed by atoms with Crippen molar-refractivity contribution in [2.24, 2.45) is 0 Å². The Bertz CT molecular complexity index is 33.8. The van der Waals surface area contributed by atoms with E-state index >= 15 is 0 Å². The van der Waals surface area contributed by atoms with Crippen LogP contribution in [0.5, 0.6) is 0 Å². The van der Waals surface area contributed by atoms with Crippen LogP contribution in [0.4, 0.5) is 0 Å². The molecule has 0 heterocycles. The van der Waals surface area contributed by atoms with Gasteiger partial charge in [-0.1, -0.05) is 0 Å². The first-order chi connectivity index (χ1) is 1.73. The largest absolute Gasteiger partial charge is 0.761 e. The predicted molar refractivity (Wildman–Crippen MR) is 10.9 cm³/mol. The van der Waals surface area contributed by atoms with Crippen molar-refractivity contribution in [2.45, 2.75) is 0 Å². The van der Waals surface area contributed by atoms with Crippen LogP contribution in [0.1, 0.15) is 0 Å². The van der Waals surface area contributed by atoms with Gasteiger partial charge in [0.15, 0.2) is 0 Å². The summed E-state index contributed by atoms with van der Waals surface area (Å²) in [6.45, 7) is 0. The molecule has 40 valence electrons. The molecule has 0 bridgehead atoms. The summed E-state index contributed by atoms with van der Waals surface area (Å²) in [6.07, 6.45) is 0. The first-order valence-electron chi connectivity index (χ1n) is 0.651. The third-order valence-electron chi connectivity index (χ3n) is 0. The molecule has 0 atom stereocenters. The van der Waals surface area contributed by atoms with Gasteiger partial charge in [-0.15, -0.1) is 0 Å². The van der Waals surface area contributed by atoms with Gasteiger partial charge >= 0.3 is 9.17 Å². The number of hydrogen-bond donors (Lipinski definition) is 2. The molecule has 0 rings (SSSR count). The van der Waals surface area contributed by atoms with E-state index in [1.54, 1.807) is 0 Å². The zero-order valence-corrected chi connectivity index (χ0v) is 8.28. The third-order valence-corrected chi connectivity index (χ3v) is 0. The van der Waals surface area contributed by atoms with Gasteiger partial charge in [-0.2, -0.15) is 0 Å². The molecule has 0 spiro atoms. The summed E-state index contributed by atoms with van der Waals surface area (Å²) in [5, 5.41) is 0. The standard InChI is InChI=1S/H2O3Si.Tm.Y/c1-4(2)3;;/h1-2H;;. The second kappa shape index (κ2) is 10.0. The van der Waals surface area contributed by atoms with Crippen molar-refractivity contribution in [3.63, 3.8) is 0 Å². The SMILES string of the molecule is O=[Si](O)O.[Tm].[Y]. The fraction of sp³-hybridized carbons (Fsp3) is 0. The molecule has 0 aromatic carbocycles. The zero-order valence-electron chi connectivity index (χ0n) is 2.66. The van der Waals surface area contributed by atoms with Crippen molar-refractivity contribution in [3.8, 4) is 0 Å². The van der Waals surface area contributed by atoms with Gasteiger partial charge in [0.05, 0.1) is 0 Å². The van der Waals surface area contributed by atoms with Gasteiger partial charge in [-0.3, -0.25) is 4.46 Å². The summed E-state index contributed by atoms with van der Waals surface area (Å²) in [4.78, 5) is 14.3. The van der Waals surface area contributed by atoms with E-state index in [4.69, 9.17) is 14.1 Å². The van der Waals surface area contributed by atoms with E-state index in [0.29, 0.717) is 0 Å². The molecule has 0 fully saturated rings. The Balaban J connectivity index is -0.0000000450. The van der Waals surface area contributed by atoms with E-state index in [0.717, 1.165) is 0 Å². The van der Waals surface area contributed by atoms with E-state index in [1.807, 2.05) is 0 Å². The quantitative estimate of drug-likeness (QED) is 0.523. The van der Waals surface area contributed by atoms with Crippen molar-refractivity contribution in [1.82, 2.24) is 0 Å². The molecule has 0 saturated carbocycles. The number of rotatable bonds is 0. The maximum atomic E-state index is 8.74. The van der Waals surface area contributed by atoms with Crippen LogP contribution in [0, 0.1) is 36.9 Å².